The molecule has 1 aliphatic rings. The number of likely N-dealkylation sites (tertiary alicyclic amines) is 1. The van der Waals surface area contributed by atoms with E-state index in [2.05, 4.69) is 31.2 Å². The van der Waals surface area contributed by atoms with Crippen molar-refractivity contribution in [2.45, 2.75) is 18.9 Å². The number of nitrogens with zero attached hydrogens (tertiary/aromatic N) is 2. The van der Waals surface area contributed by atoms with Gasteiger partial charge in [0.25, 0.3) is 11.8 Å². The summed E-state index contributed by atoms with van der Waals surface area (Å²) >= 11 is 3.40. The summed E-state index contributed by atoms with van der Waals surface area (Å²) in [6.45, 7) is 1.27. The number of halogens is 1. The van der Waals surface area contributed by atoms with Crippen molar-refractivity contribution in [2.75, 3.05) is 13.1 Å². The minimum Gasteiger partial charge on any atom is -0.349 e. The van der Waals surface area contributed by atoms with Gasteiger partial charge in [-0.3, -0.25) is 9.59 Å². The Hall–Kier alpha value is -2.67. The number of rotatable bonds is 3. The van der Waals surface area contributed by atoms with Crippen LogP contribution in [-0.4, -0.2) is 45.8 Å². The number of H-pyrrole nitrogens is 1. The van der Waals surface area contributed by atoms with Gasteiger partial charge in [0.15, 0.2) is 0 Å². The van der Waals surface area contributed by atoms with Gasteiger partial charge in [0, 0.05) is 34.7 Å². The predicted molar refractivity (Wildman–Crippen MR) is 107 cm³/mol. The van der Waals surface area contributed by atoms with Crippen LogP contribution in [0.15, 0.2) is 53.3 Å². The molecule has 27 heavy (non-hydrogen) atoms. The lowest BCUT2D eigenvalue weighted by Crippen LogP contribution is -2.46. The minimum absolute atomic E-state index is 0.0331. The molecule has 1 aromatic heterocycles. The molecule has 0 aliphatic carbocycles. The molecule has 2 heterocycles. The summed E-state index contributed by atoms with van der Waals surface area (Å²) in [6, 6.07) is 12.9. The number of amides is 2. The van der Waals surface area contributed by atoms with Gasteiger partial charge in [0.05, 0.1) is 17.4 Å². The fourth-order valence-electron chi connectivity index (χ4n) is 3.38. The fourth-order valence-corrected chi connectivity index (χ4v) is 3.78. The first-order valence-electron chi connectivity index (χ1n) is 8.89. The highest BCUT2D eigenvalue weighted by Crippen LogP contribution is 2.18. The fraction of sp³-hybridized carbons (Fsp3) is 0.250. The van der Waals surface area contributed by atoms with Crippen LogP contribution in [0.2, 0.25) is 0 Å². The maximum Gasteiger partial charge on any atom is 0.253 e. The van der Waals surface area contributed by atoms with E-state index in [9.17, 15) is 9.59 Å². The number of fused-ring (bicyclic) bond motifs is 1. The highest BCUT2D eigenvalue weighted by Gasteiger charge is 2.25. The largest absolute Gasteiger partial charge is 0.349 e. The number of aromatic amines is 1. The zero-order chi connectivity index (χ0) is 18.8. The van der Waals surface area contributed by atoms with Gasteiger partial charge in [-0.1, -0.05) is 22.0 Å². The molecule has 0 radical (unpaired) electrons. The number of nitrogens with one attached hydrogen (secondary N) is 2. The number of aromatic nitrogens is 2. The van der Waals surface area contributed by atoms with Crippen molar-refractivity contribution < 1.29 is 9.59 Å². The van der Waals surface area contributed by atoms with E-state index in [1.54, 1.807) is 12.4 Å². The van der Waals surface area contributed by atoms with E-state index in [0.717, 1.165) is 28.3 Å². The van der Waals surface area contributed by atoms with Crippen molar-refractivity contribution in [2.24, 2.45) is 0 Å². The smallest absolute Gasteiger partial charge is 0.253 e. The van der Waals surface area contributed by atoms with Gasteiger partial charge in [0.1, 0.15) is 0 Å². The summed E-state index contributed by atoms with van der Waals surface area (Å²) in [4.78, 5) is 34.2. The van der Waals surface area contributed by atoms with Crippen molar-refractivity contribution in [3.63, 3.8) is 0 Å². The molecule has 2 aromatic carbocycles. The van der Waals surface area contributed by atoms with Gasteiger partial charge in [0.2, 0.25) is 0 Å². The first kappa shape index (κ1) is 17.7. The number of hydrogen-bond donors (Lipinski definition) is 2. The number of piperidine rings is 1. The van der Waals surface area contributed by atoms with Gasteiger partial charge < -0.3 is 15.2 Å². The summed E-state index contributed by atoms with van der Waals surface area (Å²) in [7, 11) is 0. The topological polar surface area (TPSA) is 78.1 Å². The molecule has 0 unspecified atom stereocenters. The third kappa shape index (κ3) is 3.88. The van der Waals surface area contributed by atoms with Crippen molar-refractivity contribution in [3.8, 4) is 0 Å². The normalized spacial score (nSPS) is 15.1. The average Bonchev–Trinajstić information content (AvgIpc) is 3.16. The molecule has 0 saturated carbocycles. The van der Waals surface area contributed by atoms with Crippen LogP contribution in [0.5, 0.6) is 0 Å². The first-order chi connectivity index (χ1) is 13.1. The molecule has 0 spiro atoms. The lowest BCUT2D eigenvalue weighted by Gasteiger charge is -2.32. The maximum absolute atomic E-state index is 12.6. The molecule has 2 amide bonds. The van der Waals surface area contributed by atoms with Gasteiger partial charge >= 0.3 is 0 Å². The van der Waals surface area contributed by atoms with Crippen LogP contribution >= 0.6 is 15.9 Å². The van der Waals surface area contributed by atoms with Gasteiger partial charge in [-0.05, 0) is 49.2 Å². The summed E-state index contributed by atoms with van der Waals surface area (Å²) in [5, 5.41) is 3.08. The van der Waals surface area contributed by atoms with E-state index in [-0.39, 0.29) is 17.9 Å². The molecule has 1 aliphatic heterocycles. The summed E-state index contributed by atoms with van der Waals surface area (Å²) < 4.78 is 0.893. The van der Waals surface area contributed by atoms with Crippen LogP contribution in [0.4, 0.5) is 0 Å². The van der Waals surface area contributed by atoms with Gasteiger partial charge in [-0.2, -0.15) is 0 Å². The molecule has 0 atom stereocenters. The molecule has 2 N–H and O–H groups in total. The van der Waals surface area contributed by atoms with Crippen molar-refractivity contribution in [3.05, 3.63) is 64.4 Å². The number of imidazole rings is 1. The van der Waals surface area contributed by atoms with Crippen LogP contribution in [0.1, 0.15) is 33.6 Å². The summed E-state index contributed by atoms with van der Waals surface area (Å²) in [5.74, 6) is -0.0611. The minimum atomic E-state index is -0.0942. The standard InChI is InChI=1S/C20H19BrN4O2/c21-15-3-1-2-14(10-15)20(27)25-8-6-16(7-9-25)24-19(26)13-4-5-17-18(11-13)23-12-22-17/h1-5,10-12,16H,6-9H2,(H,22,23)(H,24,26). The Balaban J connectivity index is 1.35. The SMILES string of the molecule is O=C(NC1CCN(C(=O)c2cccc(Br)c2)CC1)c1ccc2nc[nH]c2c1. The number of hydrogen-bond acceptors (Lipinski definition) is 3. The van der Waals surface area contributed by atoms with Crippen LogP contribution in [0, 0.1) is 0 Å². The lowest BCUT2D eigenvalue weighted by molar-refractivity contribution is 0.0698. The lowest BCUT2D eigenvalue weighted by atomic mass is 10.0. The summed E-state index contributed by atoms with van der Waals surface area (Å²) in [6.07, 6.45) is 3.11. The zero-order valence-corrected chi connectivity index (χ0v) is 16.2. The summed E-state index contributed by atoms with van der Waals surface area (Å²) in [5.41, 5.74) is 2.97. The maximum atomic E-state index is 12.6. The Bertz CT molecular complexity index is 992. The van der Waals surface area contributed by atoms with E-state index >= 15 is 0 Å². The zero-order valence-electron chi connectivity index (χ0n) is 14.6. The Morgan fingerprint density at radius 3 is 2.70 bits per heavy atom. The Labute approximate surface area is 165 Å². The molecular weight excluding hydrogens is 408 g/mol. The average molecular weight is 427 g/mol. The second-order valence-electron chi connectivity index (χ2n) is 6.68. The van der Waals surface area contributed by atoms with E-state index < -0.39 is 0 Å². The molecule has 6 nitrogen and oxygen atoms in total. The predicted octanol–water partition coefficient (Wildman–Crippen LogP) is 3.36. The number of carbonyl (C=O) groups is 2. The van der Waals surface area contributed by atoms with Gasteiger partial charge in [-0.15, -0.1) is 0 Å². The molecule has 7 heteroatoms. The molecule has 1 saturated heterocycles. The molecule has 4 rings (SSSR count). The van der Waals surface area contributed by atoms with Crippen molar-refractivity contribution in [1.82, 2.24) is 20.2 Å². The quantitative estimate of drug-likeness (QED) is 0.673. The molecule has 0 bridgehead atoms. The highest BCUT2D eigenvalue weighted by molar-refractivity contribution is 9.10. The number of benzene rings is 2. The molecule has 1 fully saturated rings. The van der Waals surface area contributed by atoms with E-state index in [1.165, 1.54) is 0 Å². The van der Waals surface area contributed by atoms with Crippen LogP contribution in [0.3, 0.4) is 0 Å². The van der Waals surface area contributed by atoms with E-state index in [0.29, 0.717) is 24.2 Å². The second-order valence-corrected chi connectivity index (χ2v) is 7.60. The Morgan fingerprint density at radius 2 is 1.93 bits per heavy atom. The Morgan fingerprint density at radius 1 is 1.11 bits per heavy atom. The molecule has 138 valence electrons. The van der Waals surface area contributed by atoms with E-state index in [1.807, 2.05) is 41.3 Å². The van der Waals surface area contributed by atoms with Crippen molar-refractivity contribution >= 4 is 38.8 Å². The third-order valence-corrected chi connectivity index (χ3v) is 5.36. The highest BCUT2D eigenvalue weighted by atomic mass is 79.9. The molecular formula is C20H19BrN4O2. The van der Waals surface area contributed by atoms with Gasteiger partial charge in [-0.25, -0.2) is 4.98 Å². The molecule has 3 aromatic rings. The van der Waals surface area contributed by atoms with Crippen molar-refractivity contribution in [1.29, 1.82) is 0 Å². The Kier molecular flexibility index (Phi) is 4.94. The van der Waals surface area contributed by atoms with E-state index in [4.69, 9.17) is 0 Å². The number of carbonyl (C=O) groups excluding carboxylic acids is 2. The monoisotopic (exact) mass is 426 g/mol. The first-order valence-corrected chi connectivity index (χ1v) is 9.68. The van der Waals surface area contributed by atoms with Crippen LogP contribution in [-0.2, 0) is 0 Å². The van der Waals surface area contributed by atoms with Crippen LogP contribution < -0.4 is 5.32 Å². The second kappa shape index (κ2) is 7.52. The third-order valence-electron chi connectivity index (χ3n) is 4.87. The van der Waals surface area contributed by atoms with Crippen LogP contribution in [0.25, 0.3) is 11.0 Å².